The van der Waals surface area contributed by atoms with Gasteiger partial charge < -0.3 is 9.47 Å². The van der Waals surface area contributed by atoms with E-state index < -0.39 is 28.4 Å². The highest BCUT2D eigenvalue weighted by molar-refractivity contribution is 7.89. The molecule has 0 aromatic heterocycles. The van der Waals surface area contributed by atoms with Gasteiger partial charge in [-0.1, -0.05) is 12.1 Å². The average Bonchev–Trinajstić information content (AvgIpc) is 2.60. The largest absolute Gasteiger partial charge is 0.496 e. The third-order valence-corrected chi connectivity index (χ3v) is 4.94. The van der Waals surface area contributed by atoms with Crippen LogP contribution in [0, 0.1) is 13.8 Å². The number of hydrogen-bond donors (Lipinski definition) is 1. The minimum Gasteiger partial charge on any atom is -0.496 e. The van der Waals surface area contributed by atoms with Crippen molar-refractivity contribution < 1.29 is 27.5 Å². The molecule has 26 heavy (non-hydrogen) atoms. The lowest BCUT2D eigenvalue weighted by atomic mass is 10.1. The molecule has 7 nitrogen and oxygen atoms in total. The lowest BCUT2D eigenvalue weighted by Gasteiger charge is -2.11. The number of methoxy groups -OCH3 is 1. The first-order valence-electron chi connectivity index (χ1n) is 7.62. The van der Waals surface area contributed by atoms with Crippen molar-refractivity contribution in [2.75, 3.05) is 13.7 Å². The van der Waals surface area contributed by atoms with E-state index in [1.165, 1.54) is 13.2 Å². The Bertz CT molecular complexity index is 966. The van der Waals surface area contributed by atoms with Gasteiger partial charge in [0.15, 0.2) is 6.61 Å². The number of nitrogens with two attached hydrogens (primary N) is 1. The summed E-state index contributed by atoms with van der Waals surface area (Å²) in [5.41, 5.74) is 1.31. The van der Waals surface area contributed by atoms with Gasteiger partial charge in [-0.3, -0.25) is 4.79 Å². The number of rotatable bonds is 6. The van der Waals surface area contributed by atoms with Crippen LogP contribution in [-0.2, 0) is 14.8 Å². The van der Waals surface area contributed by atoms with Crippen molar-refractivity contribution in [2.45, 2.75) is 18.7 Å². The number of aryl methyl sites for hydroxylation is 1. The number of carbonyl (C=O) groups excluding carboxylic acids is 2. The van der Waals surface area contributed by atoms with Crippen LogP contribution in [0.25, 0.3) is 0 Å². The molecule has 138 valence electrons. The van der Waals surface area contributed by atoms with E-state index in [0.717, 1.165) is 6.07 Å². The summed E-state index contributed by atoms with van der Waals surface area (Å²) < 4.78 is 33.4. The Balaban J connectivity index is 2.21. The molecule has 0 aliphatic rings. The van der Waals surface area contributed by atoms with E-state index in [4.69, 9.17) is 14.6 Å². The number of carbonyl (C=O) groups is 2. The van der Waals surface area contributed by atoms with Gasteiger partial charge in [-0.2, -0.15) is 0 Å². The van der Waals surface area contributed by atoms with Gasteiger partial charge in [0.2, 0.25) is 15.8 Å². The Morgan fingerprint density at radius 1 is 1.12 bits per heavy atom. The van der Waals surface area contributed by atoms with Crippen molar-refractivity contribution in [3.8, 4) is 5.75 Å². The Morgan fingerprint density at radius 3 is 2.38 bits per heavy atom. The molecular formula is C18H19NO6S. The lowest BCUT2D eigenvalue weighted by molar-refractivity contribution is 0.0473. The molecule has 0 bridgehead atoms. The number of ketones is 1. The topological polar surface area (TPSA) is 113 Å². The van der Waals surface area contributed by atoms with Crippen LogP contribution in [0.1, 0.15) is 31.8 Å². The Morgan fingerprint density at radius 2 is 1.77 bits per heavy atom. The SMILES string of the molecule is COc1ccccc1C(=O)COC(=O)c1cc(C)c(C)c(S(N)(=O)=O)c1. The van der Waals surface area contributed by atoms with Crippen molar-refractivity contribution in [1.29, 1.82) is 0 Å². The summed E-state index contributed by atoms with van der Waals surface area (Å²) in [5, 5.41) is 5.18. The van der Waals surface area contributed by atoms with Crippen LogP contribution in [0.15, 0.2) is 41.3 Å². The maximum absolute atomic E-state index is 12.2. The van der Waals surface area contributed by atoms with E-state index in [9.17, 15) is 18.0 Å². The first-order valence-corrected chi connectivity index (χ1v) is 9.17. The molecule has 0 amide bonds. The highest BCUT2D eigenvalue weighted by atomic mass is 32.2. The molecule has 0 spiro atoms. The minimum absolute atomic E-state index is 0.00458. The smallest absolute Gasteiger partial charge is 0.338 e. The molecule has 2 aromatic carbocycles. The second-order valence-corrected chi connectivity index (χ2v) is 7.19. The Hall–Kier alpha value is -2.71. The second kappa shape index (κ2) is 7.67. The van der Waals surface area contributed by atoms with Crippen molar-refractivity contribution in [1.82, 2.24) is 0 Å². The van der Waals surface area contributed by atoms with Gasteiger partial charge in [0, 0.05) is 0 Å². The number of ether oxygens (including phenoxy) is 2. The van der Waals surface area contributed by atoms with Crippen molar-refractivity contribution in [3.05, 3.63) is 58.7 Å². The molecule has 2 N–H and O–H groups in total. The van der Waals surface area contributed by atoms with Crippen LogP contribution in [-0.4, -0.2) is 33.9 Å². The monoisotopic (exact) mass is 377 g/mol. The molecule has 0 radical (unpaired) electrons. The predicted molar refractivity (Wildman–Crippen MR) is 94.9 cm³/mol. The summed E-state index contributed by atoms with van der Waals surface area (Å²) in [5.74, 6) is -0.885. The van der Waals surface area contributed by atoms with E-state index in [-0.39, 0.29) is 16.0 Å². The van der Waals surface area contributed by atoms with Crippen LogP contribution in [0.5, 0.6) is 5.75 Å². The molecule has 0 unspecified atom stereocenters. The van der Waals surface area contributed by atoms with Gasteiger partial charge in [-0.25, -0.2) is 18.4 Å². The summed E-state index contributed by atoms with van der Waals surface area (Å²) in [4.78, 5) is 24.3. The van der Waals surface area contributed by atoms with Crippen LogP contribution in [0.4, 0.5) is 0 Å². The number of sulfonamides is 1. The van der Waals surface area contributed by atoms with Gasteiger partial charge in [-0.05, 0) is 49.2 Å². The fourth-order valence-electron chi connectivity index (χ4n) is 2.41. The molecule has 0 atom stereocenters. The molecule has 0 fully saturated rings. The number of primary sulfonamides is 1. The van der Waals surface area contributed by atoms with Gasteiger partial charge in [0.25, 0.3) is 0 Å². The van der Waals surface area contributed by atoms with Gasteiger partial charge in [-0.15, -0.1) is 0 Å². The summed E-state index contributed by atoms with van der Waals surface area (Å²) in [7, 11) is -2.55. The first kappa shape index (κ1) is 19.6. The van der Waals surface area contributed by atoms with Gasteiger partial charge in [0.1, 0.15) is 5.75 Å². The number of esters is 1. The van der Waals surface area contributed by atoms with Crippen LogP contribution < -0.4 is 9.88 Å². The zero-order chi connectivity index (χ0) is 19.5. The molecule has 0 aliphatic heterocycles. The number of hydrogen-bond acceptors (Lipinski definition) is 6. The lowest BCUT2D eigenvalue weighted by Crippen LogP contribution is -2.18. The zero-order valence-corrected chi connectivity index (χ0v) is 15.4. The second-order valence-electron chi connectivity index (χ2n) is 5.66. The van der Waals surface area contributed by atoms with E-state index in [2.05, 4.69) is 0 Å². The standard InChI is InChI=1S/C18H19NO6S/c1-11-8-13(9-17(12(11)2)26(19,22)23)18(21)25-10-15(20)14-6-4-5-7-16(14)24-3/h4-9H,10H2,1-3H3,(H2,19,22,23). The predicted octanol–water partition coefficient (Wildman–Crippen LogP) is 2.00. The fraction of sp³-hybridized carbons (Fsp3) is 0.222. The first-order chi connectivity index (χ1) is 12.1. The molecule has 0 aliphatic carbocycles. The van der Waals surface area contributed by atoms with E-state index in [1.54, 1.807) is 38.1 Å². The number of benzene rings is 2. The highest BCUT2D eigenvalue weighted by Gasteiger charge is 2.20. The summed E-state index contributed by atoms with van der Waals surface area (Å²) >= 11 is 0. The van der Waals surface area contributed by atoms with Gasteiger partial charge >= 0.3 is 5.97 Å². The Kier molecular flexibility index (Phi) is 5.79. The van der Waals surface area contributed by atoms with E-state index >= 15 is 0 Å². The van der Waals surface area contributed by atoms with Crippen molar-refractivity contribution in [2.24, 2.45) is 5.14 Å². The molecule has 8 heteroatoms. The fourth-order valence-corrected chi connectivity index (χ4v) is 3.29. The molecule has 0 saturated carbocycles. The maximum Gasteiger partial charge on any atom is 0.338 e. The van der Waals surface area contributed by atoms with Gasteiger partial charge in [0.05, 0.1) is 23.1 Å². The van der Waals surface area contributed by atoms with Crippen LogP contribution in [0.2, 0.25) is 0 Å². The van der Waals surface area contributed by atoms with Crippen molar-refractivity contribution in [3.63, 3.8) is 0 Å². The molecule has 2 aromatic rings. The highest BCUT2D eigenvalue weighted by Crippen LogP contribution is 2.21. The molecule has 2 rings (SSSR count). The third-order valence-electron chi connectivity index (χ3n) is 3.90. The summed E-state index contributed by atoms with van der Waals surface area (Å²) in [6.07, 6.45) is 0. The molecular weight excluding hydrogens is 358 g/mol. The number of Topliss-reactive ketones (excluding diaryl/α,β-unsaturated/α-hetero) is 1. The quantitative estimate of drug-likeness (QED) is 0.608. The van der Waals surface area contributed by atoms with E-state index in [1.807, 2.05) is 0 Å². The van der Waals surface area contributed by atoms with E-state index in [0.29, 0.717) is 16.9 Å². The summed E-state index contributed by atoms with van der Waals surface area (Å²) in [6.45, 7) is 2.74. The zero-order valence-electron chi connectivity index (χ0n) is 14.6. The maximum atomic E-state index is 12.2. The van der Waals surface area contributed by atoms with Crippen LogP contribution >= 0.6 is 0 Å². The average molecular weight is 377 g/mol. The molecule has 0 saturated heterocycles. The normalized spacial score (nSPS) is 11.1. The minimum atomic E-state index is -3.99. The Labute approximate surface area is 151 Å². The van der Waals surface area contributed by atoms with Crippen molar-refractivity contribution >= 4 is 21.8 Å². The summed E-state index contributed by atoms with van der Waals surface area (Å²) in [6, 6.07) is 9.19. The molecule has 0 heterocycles. The third kappa shape index (κ3) is 4.27. The number of para-hydroxylation sites is 1. The van der Waals surface area contributed by atoms with Crippen LogP contribution in [0.3, 0.4) is 0 Å².